The van der Waals surface area contributed by atoms with Gasteiger partial charge in [-0.15, -0.1) is 0 Å². The Morgan fingerprint density at radius 3 is 2.56 bits per heavy atom. The summed E-state index contributed by atoms with van der Waals surface area (Å²) >= 11 is 0. The Morgan fingerprint density at radius 1 is 1.04 bits per heavy atom. The molecule has 0 saturated carbocycles. The molecule has 128 valence electrons. The van der Waals surface area contributed by atoms with Gasteiger partial charge in [0, 0.05) is 24.9 Å². The fraction of sp³-hybridized carbons (Fsp3) is 0.238. The molecule has 0 saturated heterocycles. The zero-order valence-corrected chi connectivity index (χ0v) is 14.2. The van der Waals surface area contributed by atoms with Crippen LogP contribution in [0.1, 0.15) is 30.0 Å². The molecule has 0 aromatic heterocycles. The fourth-order valence-corrected chi connectivity index (χ4v) is 2.21. The minimum atomic E-state index is -0.450. The minimum absolute atomic E-state index is 0.128. The van der Waals surface area contributed by atoms with E-state index in [1.54, 1.807) is 6.92 Å². The number of alkyl carbamates (subject to hydrolysis) is 1. The van der Waals surface area contributed by atoms with Gasteiger partial charge in [0.25, 0.3) is 0 Å². The van der Waals surface area contributed by atoms with Gasteiger partial charge in [0.15, 0.2) is 0 Å². The van der Waals surface area contributed by atoms with Crippen molar-refractivity contribution in [2.24, 2.45) is 0 Å². The third kappa shape index (κ3) is 7.36. The van der Waals surface area contributed by atoms with Crippen LogP contribution in [0.4, 0.5) is 4.79 Å². The third-order valence-corrected chi connectivity index (χ3v) is 3.34. The molecule has 1 amide bonds. The van der Waals surface area contributed by atoms with Crippen molar-refractivity contribution in [3.8, 4) is 11.8 Å². The average molecular weight is 335 g/mol. The lowest BCUT2D eigenvalue weighted by atomic mass is 10.1. The van der Waals surface area contributed by atoms with Crippen LogP contribution in [0.3, 0.4) is 0 Å². The second-order valence-electron chi connectivity index (χ2n) is 5.62. The van der Waals surface area contributed by atoms with Crippen LogP contribution in [0.25, 0.3) is 0 Å². The van der Waals surface area contributed by atoms with E-state index in [4.69, 9.17) is 4.74 Å². The maximum Gasteiger partial charge on any atom is 0.407 e. The van der Waals surface area contributed by atoms with Crippen LogP contribution in [0, 0.1) is 11.8 Å². The Kier molecular flexibility index (Phi) is 7.27. The Labute approximate surface area is 148 Å². The maximum atomic E-state index is 11.6. The van der Waals surface area contributed by atoms with Crippen molar-refractivity contribution in [2.75, 3.05) is 6.54 Å². The van der Waals surface area contributed by atoms with Crippen LogP contribution in [0.5, 0.6) is 0 Å². The molecule has 0 unspecified atom stereocenters. The number of Topliss-reactive ketones (excluding diaryl/α,β-unsaturated/α-hetero) is 1. The van der Waals surface area contributed by atoms with Crippen LogP contribution in [-0.4, -0.2) is 18.4 Å². The van der Waals surface area contributed by atoms with E-state index in [1.807, 2.05) is 54.6 Å². The van der Waals surface area contributed by atoms with E-state index in [-0.39, 0.29) is 12.4 Å². The first-order valence-electron chi connectivity index (χ1n) is 8.15. The number of carbonyl (C=O) groups excluding carboxylic acids is 2. The molecule has 1 N–H and O–H groups in total. The molecule has 0 atom stereocenters. The third-order valence-electron chi connectivity index (χ3n) is 3.34. The molecule has 25 heavy (non-hydrogen) atoms. The lowest BCUT2D eigenvalue weighted by Gasteiger charge is -2.05. The molecule has 0 radical (unpaired) electrons. The number of benzene rings is 2. The van der Waals surface area contributed by atoms with Crippen LogP contribution < -0.4 is 5.32 Å². The highest BCUT2D eigenvalue weighted by Gasteiger charge is 2.01. The maximum absolute atomic E-state index is 11.6. The number of ketones is 1. The van der Waals surface area contributed by atoms with Crippen molar-refractivity contribution in [1.29, 1.82) is 0 Å². The first-order chi connectivity index (χ1) is 12.1. The van der Waals surface area contributed by atoms with Gasteiger partial charge in [0.2, 0.25) is 0 Å². The normalized spacial score (nSPS) is 9.64. The average Bonchev–Trinajstić information content (AvgIpc) is 2.60. The molecule has 0 heterocycles. The molecule has 2 aromatic carbocycles. The summed E-state index contributed by atoms with van der Waals surface area (Å²) in [6.07, 6.45) is 0.496. The zero-order chi connectivity index (χ0) is 17.9. The SMILES string of the molecule is CC(=O)Cc1cccc(C#CCCNC(=O)OCc2ccccc2)c1. The van der Waals surface area contributed by atoms with E-state index in [0.717, 1.165) is 16.7 Å². The molecule has 0 aliphatic rings. The Morgan fingerprint density at radius 2 is 1.80 bits per heavy atom. The minimum Gasteiger partial charge on any atom is -0.445 e. The first kappa shape index (κ1) is 18.3. The highest BCUT2D eigenvalue weighted by molar-refractivity contribution is 5.78. The summed E-state index contributed by atoms with van der Waals surface area (Å²) in [7, 11) is 0. The van der Waals surface area contributed by atoms with Gasteiger partial charge in [-0.2, -0.15) is 0 Å². The number of nitrogens with one attached hydrogen (secondary N) is 1. The molecule has 0 aliphatic carbocycles. The summed E-state index contributed by atoms with van der Waals surface area (Å²) in [5, 5.41) is 2.67. The van der Waals surface area contributed by atoms with Gasteiger partial charge in [-0.1, -0.05) is 54.3 Å². The van der Waals surface area contributed by atoms with Crippen molar-refractivity contribution >= 4 is 11.9 Å². The predicted octanol–water partition coefficient (Wildman–Crippen LogP) is 3.49. The molecule has 4 heteroatoms. The van der Waals surface area contributed by atoms with Crippen molar-refractivity contribution in [3.63, 3.8) is 0 Å². The van der Waals surface area contributed by atoms with Gasteiger partial charge in [-0.3, -0.25) is 4.79 Å². The van der Waals surface area contributed by atoms with Gasteiger partial charge in [0.1, 0.15) is 12.4 Å². The summed E-state index contributed by atoms with van der Waals surface area (Å²) in [6, 6.07) is 17.1. The molecule has 0 aliphatic heterocycles. The highest BCUT2D eigenvalue weighted by atomic mass is 16.5. The number of ether oxygens (including phenoxy) is 1. The van der Waals surface area contributed by atoms with Gasteiger partial charge in [-0.25, -0.2) is 4.79 Å². The lowest BCUT2D eigenvalue weighted by Crippen LogP contribution is -2.24. The smallest absolute Gasteiger partial charge is 0.407 e. The number of amides is 1. The number of carbonyl (C=O) groups is 2. The van der Waals surface area contributed by atoms with Gasteiger partial charge in [-0.05, 0) is 30.2 Å². The Bertz CT molecular complexity index is 772. The van der Waals surface area contributed by atoms with Gasteiger partial charge in [0.05, 0.1) is 0 Å². The van der Waals surface area contributed by atoms with Crippen molar-refractivity contribution < 1.29 is 14.3 Å². The molecule has 2 aromatic rings. The summed E-state index contributed by atoms with van der Waals surface area (Å²) in [5.41, 5.74) is 2.77. The number of rotatable bonds is 6. The van der Waals surface area contributed by atoms with E-state index >= 15 is 0 Å². The van der Waals surface area contributed by atoms with Crippen molar-refractivity contribution in [3.05, 3.63) is 71.3 Å². The largest absolute Gasteiger partial charge is 0.445 e. The molecular weight excluding hydrogens is 314 g/mol. The van der Waals surface area contributed by atoms with Crippen LogP contribution in [-0.2, 0) is 22.6 Å². The predicted molar refractivity (Wildman–Crippen MR) is 97.0 cm³/mol. The van der Waals surface area contributed by atoms with E-state index in [0.29, 0.717) is 19.4 Å². The molecule has 2 rings (SSSR count). The molecule has 4 nitrogen and oxygen atoms in total. The Balaban J connectivity index is 1.70. The van der Waals surface area contributed by atoms with E-state index in [1.165, 1.54) is 0 Å². The standard InChI is InChI=1S/C21H21NO3/c1-17(23)14-20-12-7-11-18(15-20)8-5-6-13-22-21(24)25-16-19-9-3-2-4-10-19/h2-4,7,9-12,15H,6,13-14,16H2,1H3,(H,22,24). The van der Waals surface area contributed by atoms with E-state index in [9.17, 15) is 9.59 Å². The first-order valence-corrected chi connectivity index (χ1v) is 8.15. The van der Waals surface area contributed by atoms with Gasteiger partial charge < -0.3 is 10.1 Å². The quantitative estimate of drug-likeness (QED) is 0.649. The number of hydrogen-bond donors (Lipinski definition) is 1. The van der Waals surface area contributed by atoms with Gasteiger partial charge >= 0.3 is 6.09 Å². The summed E-state index contributed by atoms with van der Waals surface area (Å²) in [4.78, 5) is 22.7. The molecule has 0 bridgehead atoms. The summed E-state index contributed by atoms with van der Waals surface area (Å²) in [6.45, 7) is 2.25. The summed E-state index contributed by atoms with van der Waals surface area (Å²) in [5.74, 6) is 6.17. The monoisotopic (exact) mass is 335 g/mol. The topological polar surface area (TPSA) is 55.4 Å². The fourth-order valence-electron chi connectivity index (χ4n) is 2.21. The van der Waals surface area contributed by atoms with Crippen molar-refractivity contribution in [2.45, 2.75) is 26.4 Å². The molecular formula is C21H21NO3. The number of hydrogen-bond acceptors (Lipinski definition) is 3. The second kappa shape index (κ2) is 9.94. The molecule has 0 spiro atoms. The van der Waals surface area contributed by atoms with Crippen molar-refractivity contribution in [1.82, 2.24) is 5.32 Å². The van der Waals surface area contributed by atoms with E-state index in [2.05, 4.69) is 17.2 Å². The van der Waals surface area contributed by atoms with E-state index < -0.39 is 6.09 Å². The lowest BCUT2D eigenvalue weighted by molar-refractivity contribution is -0.116. The van der Waals surface area contributed by atoms with Crippen LogP contribution in [0.2, 0.25) is 0 Å². The Hall–Kier alpha value is -3.06. The molecule has 0 fully saturated rings. The highest BCUT2D eigenvalue weighted by Crippen LogP contribution is 2.05. The second-order valence-corrected chi connectivity index (χ2v) is 5.62. The van der Waals surface area contributed by atoms with Crippen LogP contribution in [0.15, 0.2) is 54.6 Å². The van der Waals surface area contributed by atoms with Crippen LogP contribution >= 0.6 is 0 Å². The zero-order valence-electron chi connectivity index (χ0n) is 14.2. The summed E-state index contributed by atoms with van der Waals surface area (Å²) < 4.78 is 5.12.